The van der Waals surface area contributed by atoms with Crippen molar-refractivity contribution in [2.45, 2.75) is 25.7 Å². The number of nitrogens with one attached hydrogen (secondary N) is 2. The maximum absolute atomic E-state index is 13.5. The highest BCUT2D eigenvalue weighted by atomic mass is 32.1. The third-order valence-corrected chi connectivity index (χ3v) is 6.95. The summed E-state index contributed by atoms with van der Waals surface area (Å²) in [4.78, 5) is 35.7. The van der Waals surface area contributed by atoms with Gasteiger partial charge in [0.1, 0.15) is 0 Å². The van der Waals surface area contributed by atoms with Gasteiger partial charge in [0.2, 0.25) is 0 Å². The van der Waals surface area contributed by atoms with Crippen molar-refractivity contribution >= 4 is 45.6 Å². The molecule has 0 unspecified atom stereocenters. The van der Waals surface area contributed by atoms with Crippen LogP contribution in [0.5, 0.6) is 0 Å². The van der Waals surface area contributed by atoms with Crippen LogP contribution in [0.4, 0.5) is 11.4 Å². The maximum Gasteiger partial charge on any atom is 0.265 e. The largest absolute Gasteiger partial charge is 0.322 e. The zero-order valence-electron chi connectivity index (χ0n) is 19.4. The number of amides is 2. The van der Waals surface area contributed by atoms with E-state index in [1.165, 1.54) is 11.3 Å². The lowest BCUT2D eigenvalue weighted by Crippen LogP contribution is -2.14. The third-order valence-electron chi connectivity index (χ3n) is 6.08. The molecule has 178 valence electrons. The fourth-order valence-corrected chi connectivity index (χ4v) is 4.77. The second kappa shape index (κ2) is 9.01. The van der Waals surface area contributed by atoms with Crippen LogP contribution in [0, 0.1) is 6.92 Å². The van der Waals surface area contributed by atoms with Gasteiger partial charge in [-0.1, -0.05) is 12.1 Å². The van der Waals surface area contributed by atoms with Crippen molar-refractivity contribution in [2.24, 2.45) is 0 Å². The van der Waals surface area contributed by atoms with E-state index in [0.717, 1.165) is 18.5 Å². The smallest absolute Gasteiger partial charge is 0.265 e. The first-order valence-corrected chi connectivity index (χ1v) is 12.5. The quantitative estimate of drug-likeness (QED) is 0.321. The average Bonchev–Trinajstić information content (AvgIpc) is 3.49. The Morgan fingerprint density at radius 3 is 2.36 bits per heavy atom. The van der Waals surface area contributed by atoms with Gasteiger partial charge in [0, 0.05) is 29.2 Å². The van der Waals surface area contributed by atoms with Crippen LogP contribution >= 0.6 is 11.3 Å². The summed E-state index contributed by atoms with van der Waals surface area (Å²) in [6, 6.07) is 18.2. The Balaban J connectivity index is 1.30. The summed E-state index contributed by atoms with van der Waals surface area (Å²) in [5.74, 6) is 0.625. The number of hydrogen-bond donors (Lipinski definition) is 2. The molecule has 4 heterocycles. The Bertz CT molecular complexity index is 1570. The van der Waals surface area contributed by atoms with Crippen molar-refractivity contribution in [3.63, 3.8) is 0 Å². The molecule has 1 fully saturated rings. The average molecular weight is 495 g/mol. The number of nitrogens with zero attached hydrogens (tertiary/aromatic N) is 4. The molecule has 0 spiro atoms. The monoisotopic (exact) mass is 494 g/mol. The lowest BCUT2D eigenvalue weighted by Gasteiger charge is -2.10. The number of benzene rings is 1. The molecule has 1 aliphatic carbocycles. The van der Waals surface area contributed by atoms with Gasteiger partial charge in [0.25, 0.3) is 11.8 Å². The molecule has 6 rings (SSSR count). The maximum atomic E-state index is 13.5. The first kappa shape index (κ1) is 22.1. The summed E-state index contributed by atoms with van der Waals surface area (Å²) in [6.45, 7) is 1.88. The number of carbonyl (C=O) groups excluding carboxylic acids is 2. The van der Waals surface area contributed by atoms with Crippen molar-refractivity contribution in [1.82, 2.24) is 19.7 Å². The van der Waals surface area contributed by atoms with Crippen molar-refractivity contribution < 1.29 is 9.59 Å². The Labute approximate surface area is 211 Å². The number of pyridine rings is 2. The van der Waals surface area contributed by atoms with Crippen molar-refractivity contribution in [2.75, 3.05) is 10.6 Å². The van der Waals surface area contributed by atoms with E-state index < -0.39 is 0 Å². The van der Waals surface area contributed by atoms with Crippen LogP contribution < -0.4 is 10.6 Å². The molecular weight excluding hydrogens is 472 g/mol. The second-order valence-electron chi connectivity index (χ2n) is 8.72. The molecular formula is C27H22N6O2S. The van der Waals surface area contributed by atoms with Crippen molar-refractivity contribution in [3.05, 3.63) is 94.1 Å². The van der Waals surface area contributed by atoms with Gasteiger partial charge < -0.3 is 10.6 Å². The molecule has 1 saturated carbocycles. The molecule has 0 saturated heterocycles. The molecule has 0 bridgehead atoms. The number of anilines is 2. The highest BCUT2D eigenvalue weighted by molar-refractivity contribution is 7.12. The highest BCUT2D eigenvalue weighted by Gasteiger charge is 2.29. The van der Waals surface area contributed by atoms with E-state index >= 15 is 0 Å². The highest BCUT2D eigenvalue weighted by Crippen LogP contribution is 2.40. The molecule has 2 N–H and O–H groups in total. The molecule has 36 heavy (non-hydrogen) atoms. The minimum atomic E-state index is -0.233. The van der Waals surface area contributed by atoms with Crippen LogP contribution in [0.3, 0.4) is 0 Å². The molecule has 1 aromatic carbocycles. The molecule has 2 amide bonds. The van der Waals surface area contributed by atoms with Crippen LogP contribution in [0.2, 0.25) is 0 Å². The molecule has 0 radical (unpaired) electrons. The summed E-state index contributed by atoms with van der Waals surface area (Å²) in [5.41, 5.74) is 4.06. The number of rotatable bonds is 6. The van der Waals surface area contributed by atoms with E-state index in [0.29, 0.717) is 50.3 Å². The number of thiophene rings is 1. The molecule has 4 aromatic heterocycles. The van der Waals surface area contributed by atoms with Gasteiger partial charge >= 0.3 is 0 Å². The molecule has 0 atom stereocenters. The first-order chi connectivity index (χ1) is 17.6. The van der Waals surface area contributed by atoms with E-state index in [1.54, 1.807) is 41.2 Å². The topological polar surface area (TPSA) is 102 Å². The van der Waals surface area contributed by atoms with Crippen molar-refractivity contribution in [1.29, 1.82) is 0 Å². The van der Waals surface area contributed by atoms with Crippen LogP contribution in [0.1, 0.15) is 50.2 Å². The van der Waals surface area contributed by atoms with E-state index in [9.17, 15) is 9.59 Å². The van der Waals surface area contributed by atoms with Gasteiger partial charge in [-0.05, 0) is 73.7 Å². The summed E-state index contributed by atoms with van der Waals surface area (Å²) in [7, 11) is 0. The molecule has 5 aromatic rings. The van der Waals surface area contributed by atoms with Crippen LogP contribution in [-0.4, -0.2) is 31.6 Å². The predicted molar refractivity (Wildman–Crippen MR) is 140 cm³/mol. The molecule has 8 nitrogen and oxygen atoms in total. The summed E-state index contributed by atoms with van der Waals surface area (Å²) in [6.07, 6.45) is 3.84. The van der Waals surface area contributed by atoms with Crippen LogP contribution in [0.25, 0.3) is 16.9 Å². The molecule has 0 aliphatic heterocycles. The van der Waals surface area contributed by atoms with Gasteiger partial charge in [-0.15, -0.1) is 11.3 Å². The lowest BCUT2D eigenvalue weighted by atomic mass is 10.1. The SMILES string of the molecule is Cc1nn(-c2ccccn2)c2nc(C3CC3)cc(C(=O)Nc3ccc(NC(=O)c4cccs4)cc3)c12. The van der Waals surface area contributed by atoms with Gasteiger partial charge in [-0.3, -0.25) is 9.59 Å². The summed E-state index contributed by atoms with van der Waals surface area (Å²) < 4.78 is 1.71. The Morgan fingerprint density at radius 2 is 1.72 bits per heavy atom. The number of hydrogen-bond acceptors (Lipinski definition) is 6. The zero-order valence-corrected chi connectivity index (χ0v) is 20.2. The zero-order chi connectivity index (χ0) is 24.6. The summed E-state index contributed by atoms with van der Waals surface area (Å²) in [5, 5.41) is 13.1. The van der Waals surface area contributed by atoms with E-state index in [2.05, 4.69) is 20.7 Å². The van der Waals surface area contributed by atoms with Gasteiger partial charge in [-0.25, -0.2) is 9.97 Å². The Morgan fingerprint density at radius 1 is 0.972 bits per heavy atom. The molecule has 9 heteroatoms. The predicted octanol–water partition coefficient (Wildman–Crippen LogP) is 5.57. The van der Waals surface area contributed by atoms with Gasteiger partial charge in [-0.2, -0.15) is 9.78 Å². The minimum Gasteiger partial charge on any atom is -0.322 e. The standard InChI is InChI=1S/C27H22N6O2S/c1-16-24-20(15-21(17-7-8-17)31-25(24)33(32-16)23-6-2-3-13-28-23)26(34)29-18-9-11-19(12-10-18)30-27(35)22-5-4-14-36-22/h2-6,9-15,17H,7-8H2,1H3,(H,29,34)(H,30,35). The number of carbonyl (C=O) groups is 2. The van der Waals surface area contributed by atoms with Crippen molar-refractivity contribution in [3.8, 4) is 5.82 Å². The second-order valence-corrected chi connectivity index (χ2v) is 9.66. The van der Waals surface area contributed by atoms with Gasteiger partial charge in [0.15, 0.2) is 11.5 Å². The Hall–Kier alpha value is -4.37. The third kappa shape index (κ3) is 4.25. The van der Waals surface area contributed by atoms with Gasteiger partial charge in [0.05, 0.1) is 21.5 Å². The fourth-order valence-electron chi connectivity index (χ4n) is 4.15. The lowest BCUT2D eigenvalue weighted by molar-refractivity contribution is 0.102. The Kier molecular flexibility index (Phi) is 5.54. The number of fused-ring (bicyclic) bond motifs is 1. The van der Waals surface area contributed by atoms with Crippen LogP contribution in [0.15, 0.2) is 72.2 Å². The van der Waals surface area contributed by atoms with E-state index in [-0.39, 0.29) is 11.8 Å². The first-order valence-electron chi connectivity index (χ1n) is 11.6. The van der Waals surface area contributed by atoms with E-state index in [4.69, 9.17) is 4.98 Å². The van der Waals surface area contributed by atoms with Crippen LogP contribution in [-0.2, 0) is 0 Å². The molecule has 1 aliphatic rings. The fraction of sp³-hybridized carbons (Fsp3) is 0.148. The normalized spacial score (nSPS) is 13.0. The van der Waals surface area contributed by atoms with E-state index in [1.807, 2.05) is 42.6 Å². The minimum absolute atomic E-state index is 0.158. The number of aromatic nitrogens is 4. The number of aryl methyl sites for hydroxylation is 1. The summed E-state index contributed by atoms with van der Waals surface area (Å²) >= 11 is 1.38.